The number of carbonyl (C=O) groups is 1. The third-order valence-electron chi connectivity index (χ3n) is 5.40. The second-order valence-electron chi connectivity index (χ2n) is 9.41. The SMILES string of the molecule is CC(C)(C)CSCC(Nc1c(Cl)ccc2c1CCN(C(=O)C(F)(F)F)CC2)c1cccnc1. The van der Waals surface area contributed by atoms with Crippen molar-refractivity contribution in [3.8, 4) is 0 Å². The first-order valence-corrected chi connectivity index (χ1v) is 12.4. The van der Waals surface area contributed by atoms with Crippen molar-refractivity contribution in [2.45, 2.75) is 45.8 Å². The highest BCUT2D eigenvalue weighted by Crippen LogP contribution is 2.36. The van der Waals surface area contributed by atoms with Crippen molar-refractivity contribution < 1.29 is 18.0 Å². The summed E-state index contributed by atoms with van der Waals surface area (Å²) in [7, 11) is 0. The van der Waals surface area contributed by atoms with Crippen LogP contribution in [-0.4, -0.2) is 46.6 Å². The number of fused-ring (bicyclic) bond motifs is 1. The summed E-state index contributed by atoms with van der Waals surface area (Å²) in [6.07, 6.45) is -0.690. The van der Waals surface area contributed by atoms with E-state index in [1.165, 1.54) is 0 Å². The predicted octanol–water partition coefficient (Wildman–Crippen LogP) is 6.16. The fraction of sp³-hybridized carbons (Fsp3) is 0.500. The number of nitrogens with zero attached hydrogens (tertiary/aromatic N) is 2. The van der Waals surface area contributed by atoms with Gasteiger partial charge in [-0.3, -0.25) is 9.78 Å². The second-order valence-corrected chi connectivity index (χ2v) is 10.8. The van der Waals surface area contributed by atoms with Crippen molar-refractivity contribution in [3.63, 3.8) is 0 Å². The van der Waals surface area contributed by atoms with Crippen LogP contribution >= 0.6 is 23.4 Å². The Labute approximate surface area is 202 Å². The average Bonchev–Trinajstić information content (AvgIpc) is 2.96. The molecule has 1 unspecified atom stereocenters. The van der Waals surface area contributed by atoms with Gasteiger partial charge in [0.05, 0.1) is 16.8 Å². The Morgan fingerprint density at radius 1 is 1.21 bits per heavy atom. The molecule has 180 valence electrons. The van der Waals surface area contributed by atoms with Gasteiger partial charge in [-0.25, -0.2) is 0 Å². The number of thioether (sulfide) groups is 1. The minimum absolute atomic E-state index is 0.00327. The molecule has 0 spiro atoms. The smallest absolute Gasteiger partial charge is 0.376 e. The summed E-state index contributed by atoms with van der Waals surface area (Å²) in [5.74, 6) is -0.0369. The highest BCUT2D eigenvalue weighted by atomic mass is 35.5. The summed E-state index contributed by atoms with van der Waals surface area (Å²) in [5.41, 5.74) is 3.69. The molecule has 0 radical (unpaired) electrons. The van der Waals surface area contributed by atoms with E-state index in [9.17, 15) is 18.0 Å². The molecule has 3 rings (SSSR count). The van der Waals surface area contributed by atoms with Gasteiger partial charge < -0.3 is 10.2 Å². The van der Waals surface area contributed by atoms with E-state index in [1.807, 2.05) is 36.2 Å². The molecule has 0 saturated heterocycles. The van der Waals surface area contributed by atoms with Crippen molar-refractivity contribution in [2.24, 2.45) is 5.41 Å². The largest absolute Gasteiger partial charge is 0.471 e. The minimum Gasteiger partial charge on any atom is -0.376 e. The van der Waals surface area contributed by atoms with Crippen LogP contribution in [0, 0.1) is 5.41 Å². The summed E-state index contributed by atoms with van der Waals surface area (Å²) in [6.45, 7) is 6.59. The number of aromatic nitrogens is 1. The number of halogens is 4. The van der Waals surface area contributed by atoms with E-state index in [0.29, 0.717) is 17.9 Å². The molecule has 9 heteroatoms. The highest BCUT2D eigenvalue weighted by Gasteiger charge is 2.42. The third-order valence-corrected chi connectivity index (χ3v) is 7.35. The van der Waals surface area contributed by atoms with E-state index < -0.39 is 12.1 Å². The number of alkyl halides is 3. The van der Waals surface area contributed by atoms with Crippen LogP contribution in [0.25, 0.3) is 0 Å². The van der Waals surface area contributed by atoms with Crippen molar-refractivity contribution >= 4 is 35.0 Å². The summed E-state index contributed by atoms with van der Waals surface area (Å²) >= 11 is 8.40. The van der Waals surface area contributed by atoms with Crippen LogP contribution in [0.15, 0.2) is 36.7 Å². The van der Waals surface area contributed by atoms with Crippen LogP contribution in [0.5, 0.6) is 0 Å². The molecule has 4 nitrogen and oxygen atoms in total. The van der Waals surface area contributed by atoms with Gasteiger partial charge in [0.1, 0.15) is 0 Å². The first kappa shape index (κ1) is 25.7. The number of carbonyl (C=O) groups excluding carboxylic acids is 1. The number of pyridine rings is 1. The van der Waals surface area contributed by atoms with Crippen LogP contribution in [0.3, 0.4) is 0 Å². The number of nitrogens with one attached hydrogen (secondary N) is 1. The molecule has 0 saturated carbocycles. The molecular weight excluding hydrogens is 471 g/mol. The molecule has 0 aliphatic carbocycles. The van der Waals surface area contributed by atoms with Gasteiger partial charge >= 0.3 is 12.1 Å². The lowest BCUT2D eigenvalue weighted by molar-refractivity contribution is -0.185. The topological polar surface area (TPSA) is 45.2 Å². The lowest BCUT2D eigenvalue weighted by atomic mass is 9.99. The van der Waals surface area contributed by atoms with Crippen LogP contribution in [-0.2, 0) is 17.6 Å². The monoisotopic (exact) mass is 499 g/mol. The number of benzene rings is 1. The summed E-state index contributed by atoms with van der Waals surface area (Å²) in [5, 5.41) is 4.07. The van der Waals surface area contributed by atoms with Crippen molar-refractivity contribution in [2.75, 3.05) is 29.9 Å². The molecular formula is C24H29ClF3N3OS. The van der Waals surface area contributed by atoms with E-state index in [-0.39, 0.29) is 24.5 Å². The van der Waals surface area contributed by atoms with Crippen LogP contribution in [0.4, 0.5) is 18.9 Å². The number of amides is 1. The van der Waals surface area contributed by atoms with Gasteiger partial charge in [-0.05, 0) is 52.8 Å². The molecule has 1 aromatic heterocycles. The fourth-order valence-electron chi connectivity index (χ4n) is 3.80. The first-order valence-electron chi connectivity index (χ1n) is 10.9. The normalized spacial score (nSPS) is 15.5. The molecule has 1 atom stereocenters. The molecule has 1 aromatic carbocycles. The van der Waals surface area contributed by atoms with Gasteiger partial charge in [-0.15, -0.1) is 0 Å². The molecule has 1 amide bonds. The van der Waals surface area contributed by atoms with E-state index >= 15 is 0 Å². The molecule has 2 aromatic rings. The molecule has 2 heterocycles. The molecule has 0 fully saturated rings. The van der Waals surface area contributed by atoms with Gasteiger partial charge in [0.2, 0.25) is 0 Å². The Kier molecular flexibility index (Phi) is 8.22. The van der Waals surface area contributed by atoms with Gasteiger partial charge in [0.15, 0.2) is 0 Å². The summed E-state index contributed by atoms with van der Waals surface area (Å²) in [4.78, 5) is 16.9. The number of hydrogen-bond acceptors (Lipinski definition) is 4. The number of hydrogen-bond donors (Lipinski definition) is 1. The Morgan fingerprint density at radius 2 is 1.94 bits per heavy atom. The average molecular weight is 500 g/mol. The van der Waals surface area contributed by atoms with Crippen molar-refractivity contribution in [1.29, 1.82) is 0 Å². The Morgan fingerprint density at radius 3 is 2.58 bits per heavy atom. The predicted molar refractivity (Wildman–Crippen MR) is 129 cm³/mol. The Bertz CT molecular complexity index is 964. The summed E-state index contributed by atoms with van der Waals surface area (Å²) < 4.78 is 38.9. The Balaban J connectivity index is 1.86. The number of anilines is 1. The second kappa shape index (κ2) is 10.6. The minimum atomic E-state index is -4.87. The maximum absolute atomic E-state index is 13.0. The first-order chi connectivity index (χ1) is 15.5. The van der Waals surface area contributed by atoms with Gasteiger partial charge in [-0.2, -0.15) is 24.9 Å². The molecule has 0 bridgehead atoms. The van der Waals surface area contributed by atoms with Gasteiger partial charge in [0.25, 0.3) is 0 Å². The highest BCUT2D eigenvalue weighted by molar-refractivity contribution is 7.99. The van der Waals surface area contributed by atoms with E-state index in [2.05, 4.69) is 31.1 Å². The van der Waals surface area contributed by atoms with Crippen molar-refractivity contribution in [1.82, 2.24) is 9.88 Å². The number of rotatable bonds is 6. The summed E-state index contributed by atoms with van der Waals surface area (Å²) in [6, 6.07) is 7.42. The standard InChI is InChI=1S/C24H29ClF3N3OS/c1-23(2,3)15-33-14-20(17-5-4-10-29-13-17)30-21-18-9-12-31(22(32)24(26,27)28)11-8-16(18)6-7-19(21)25/h4-7,10,13,20,30H,8-9,11-12,14-15H2,1-3H3. The quantitative estimate of drug-likeness (QED) is 0.517. The van der Waals surface area contributed by atoms with Crippen LogP contribution < -0.4 is 5.32 Å². The van der Waals surface area contributed by atoms with Gasteiger partial charge in [-0.1, -0.05) is 44.5 Å². The fourth-order valence-corrected chi connectivity index (χ4v) is 5.27. The van der Waals surface area contributed by atoms with Crippen molar-refractivity contribution in [3.05, 3.63) is 58.4 Å². The van der Waals surface area contributed by atoms with Gasteiger partial charge in [0, 0.05) is 31.2 Å². The lowest BCUT2D eigenvalue weighted by Crippen LogP contribution is -2.42. The maximum Gasteiger partial charge on any atom is 0.471 e. The van der Waals surface area contributed by atoms with E-state index in [4.69, 9.17) is 11.6 Å². The molecule has 1 aliphatic rings. The zero-order chi connectivity index (χ0) is 24.2. The zero-order valence-electron chi connectivity index (χ0n) is 19.0. The third kappa shape index (κ3) is 7.03. The van der Waals surface area contributed by atoms with Crippen LogP contribution in [0.2, 0.25) is 5.02 Å². The molecule has 1 N–H and O–H groups in total. The Hall–Kier alpha value is -1.93. The lowest BCUT2D eigenvalue weighted by Gasteiger charge is -2.25. The maximum atomic E-state index is 13.0. The van der Waals surface area contributed by atoms with E-state index in [0.717, 1.165) is 38.8 Å². The molecule has 33 heavy (non-hydrogen) atoms. The zero-order valence-corrected chi connectivity index (χ0v) is 20.6. The van der Waals surface area contributed by atoms with E-state index in [1.54, 1.807) is 12.3 Å². The van der Waals surface area contributed by atoms with Crippen LogP contribution in [0.1, 0.15) is 43.5 Å². The molecule has 1 aliphatic heterocycles.